The molecule has 0 amide bonds. The standard InChI is InChI=1S/C17H26N2O/c18-10-11-19(15-6-2-3-7-15)13-17-16-8-4-1-5-14(16)9-12-20-17/h1,4-5,8,15,17H,2-3,6-7,9-13,18H2. The molecule has 0 saturated heterocycles. The molecule has 1 aromatic carbocycles. The van der Waals surface area contributed by atoms with E-state index in [0.29, 0.717) is 0 Å². The Balaban J connectivity index is 1.72. The topological polar surface area (TPSA) is 38.5 Å². The third-order valence-corrected chi connectivity index (χ3v) is 4.75. The number of ether oxygens (including phenoxy) is 1. The zero-order valence-corrected chi connectivity index (χ0v) is 12.3. The molecule has 3 rings (SSSR count). The van der Waals surface area contributed by atoms with Gasteiger partial charge in [-0.1, -0.05) is 37.1 Å². The third-order valence-electron chi connectivity index (χ3n) is 4.75. The van der Waals surface area contributed by atoms with Crippen molar-refractivity contribution < 1.29 is 4.74 Å². The SMILES string of the molecule is NCCN(CC1OCCc2ccccc21)C1CCCC1. The van der Waals surface area contributed by atoms with Crippen LogP contribution in [0.3, 0.4) is 0 Å². The van der Waals surface area contributed by atoms with Crippen LogP contribution in [0.5, 0.6) is 0 Å². The van der Waals surface area contributed by atoms with Gasteiger partial charge in [-0.05, 0) is 30.4 Å². The number of benzene rings is 1. The molecule has 0 bridgehead atoms. The lowest BCUT2D eigenvalue weighted by atomic mass is 9.97. The summed E-state index contributed by atoms with van der Waals surface area (Å²) < 4.78 is 6.06. The Bertz CT molecular complexity index is 429. The second-order valence-electron chi connectivity index (χ2n) is 6.03. The minimum atomic E-state index is 0.229. The summed E-state index contributed by atoms with van der Waals surface area (Å²) in [5.74, 6) is 0. The van der Waals surface area contributed by atoms with Crippen LogP contribution >= 0.6 is 0 Å². The fraction of sp³-hybridized carbons (Fsp3) is 0.647. The molecule has 110 valence electrons. The van der Waals surface area contributed by atoms with Gasteiger partial charge in [-0.25, -0.2) is 0 Å². The molecule has 1 unspecified atom stereocenters. The monoisotopic (exact) mass is 274 g/mol. The maximum atomic E-state index is 6.06. The van der Waals surface area contributed by atoms with E-state index in [9.17, 15) is 0 Å². The molecule has 1 fully saturated rings. The third kappa shape index (κ3) is 3.05. The zero-order valence-electron chi connectivity index (χ0n) is 12.3. The molecule has 1 heterocycles. The Morgan fingerprint density at radius 3 is 2.80 bits per heavy atom. The fourth-order valence-electron chi connectivity index (χ4n) is 3.70. The Kier molecular flexibility index (Phi) is 4.71. The summed E-state index contributed by atoms with van der Waals surface area (Å²) in [7, 11) is 0. The molecule has 1 atom stereocenters. The summed E-state index contributed by atoms with van der Waals surface area (Å²) >= 11 is 0. The second kappa shape index (κ2) is 6.70. The molecule has 3 heteroatoms. The number of nitrogens with zero attached hydrogens (tertiary/aromatic N) is 1. The van der Waals surface area contributed by atoms with Gasteiger partial charge in [0.2, 0.25) is 0 Å². The normalized spacial score (nSPS) is 23.2. The van der Waals surface area contributed by atoms with E-state index in [1.807, 2.05) is 0 Å². The molecule has 1 saturated carbocycles. The average molecular weight is 274 g/mol. The van der Waals surface area contributed by atoms with Crippen molar-refractivity contribution in [1.29, 1.82) is 0 Å². The summed E-state index contributed by atoms with van der Waals surface area (Å²) in [5.41, 5.74) is 8.66. The van der Waals surface area contributed by atoms with Crippen molar-refractivity contribution in [2.75, 3.05) is 26.2 Å². The van der Waals surface area contributed by atoms with Gasteiger partial charge in [0.1, 0.15) is 0 Å². The number of hydrogen-bond donors (Lipinski definition) is 1. The Morgan fingerprint density at radius 2 is 2.00 bits per heavy atom. The highest BCUT2D eigenvalue weighted by Crippen LogP contribution is 2.30. The van der Waals surface area contributed by atoms with Crippen LogP contribution in [0.2, 0.25) is 0 Å². The Morgan fingerprint density at radius 1 is 1.20 bits per heavy atom. The van der Waals surface area contributed by atoms with E-state index in [0.717, 1.165) is 38.7 Å². The number of rotatable bonds is 5. The molecule has 2 aliphatic rings. The maximum absolute atomic E-state index is 6.06. The summed E-state index contributed by atoms with van der Waals surface area (Å²) in [6.45, 7) is 3.58. The van der Waals surface area contributed by atoms with Crippen LogP contribution in [0.15, 0.2) is 24.3 Å². The molecular formula is C17H26N2O. The summed E-state index contributed by atoms with van der Waals surface area (Å²) in [4.78, 5) is 2.57. The lowest BCUT2D eigenvalue weighted by molar-refractivity contribution is 0.00714. The van der Waals surface area contributed by atoms with Gasteiger partial charge in [-0.2, -0.15) is 0 Å². The first-order chi connectivity index (χ1) is 9.88. The molecule has 1 aliphatic heterocycles. The van der Waals surface area contributed by atoms with Crippen LogP contribution in [-0.4, -0.2) is 37.2 Å². The van der Waals surface area contributed by atoms with Crippen molar-refractivity contribution in [3.63, 3.8) is 0 Å². The molecule has 1 aliphatic carbocycles. The van der Waals surface area contributed by atoms with Gasteiger partial charge in [0.05, 0.1) is 12.7 Å². The van der Waals surface area contributed by atoms with Crippen molar-refractivity contribution in [1.82, 2.24) is 4.90 Å². The summed E-state index contributed by atoms with van der Waals surface area (Å²) in [6, 6.07) is 9.46. The molecule has 2 N–H and O–H groups in total. The summed E-state index contributed by atoms with van der Waals surface area (Å²) in [6.07, 6.45) is 6.67. The zero-order chi connectivity index (χ0) is 13.8. The van der Waals surface area contributed by atoms with Crippen molar-refractivity contribution >= 4 is 0 Å². The molecule has 0 aromatic heterocycles. The van der Waals surface area contributed by atoms with E-state index in [1.165, 1.54) is 36.8 Å². The van der Waals surface area contributed by atoms with E-state index in [-0.39, 0.29) is 6.10 Å². The predicted molar refractivity (Wildman–Crippen MR) is 81.7 cm³/mol. The van der Waals surface area contributed by atoms with Gasteiger partial charge in [0.25, 0.3) is 0 Å². The van der Waals surface area contributed by atoms with Crippen LogP contribution in [0.1, 0.15) is 42.9 Å². The van der Waals surface area contributed by atoms with Gasteiger partial charge in [0, 0.05) is 25.7 Å². The van der Waals surface area contributed by atoms with Gasteiger partial charge in [-0.15, -0.1) is 0 Å². The highest BCUT2D eigenvalue weighted by Gasteiger charge is 2.27. The van der Waals surface area contributed by atoms with E-state index in [4.69, 9.17) is 10.5 Å². The molecule has 3 nitrogen and oxygen atoms in total. The van der Waals surface area contributed by atoms with E-state index in [1.54, 1.807) is 0 Å². The van der Waals surface area contributed by atoms with Gasteiger partial charge < -0.3 is 10.5 Å². The minimum absolute atomic E-state index is 0.229. The van der Waals surface area contributed by atoms with E-state index >= 15 is 0 Å². The predicted octanol–water partition coefficient (Wildman–Crippen LogP) is 2.50. The quantitative estimate of drug-likeness (QED) is 0.896. The largest absolute Gasteiger partial charge is 0.372 e. The summed E-state index contributed by atoms with van der Waals surface area (Å²) in [5, 5.41) is 0. The number of nitrogens with two attached hydrogens (primary N) is 1. The van der Waals surface area contributed by atoms with Gasteiger partial charge in [0.15, 0.2) is 0 Å². The first kappa shape index (κ1) is 14.1. The van der Waals surface area contributed by atoms with E-state index < -0.39 is 0 Å². The van der Waals surface area contributed by atoms with Crippen LogP contribution in [0.4, 0.5) is 0 Å². The lowest BCUT2D eigenvalue weighted by Gasteiger charge is -2.34. The van der Waals surface area contributed by atoms with Crippen molar-refractivity contribution in [3.8, 4) is 0 Å². The molecular weight excluding hydrogens is 248 g/mol. The van der Waals surface area contributed by atoms with Gasteiger partial charge >= 0.3 is 0 Å². The van der Waals surface area contributed by atoms with E-state index in [2.05, 4.69) is 29.2 Å². The second-order valence-corrected chi connectivity index (χ2v) is 6.03. The maximum Gasteiger partial charge on any atom is 0.0954 e. The van der Waals surface area contributed by atoms with Crippen LogP contribution in [0, 0.1) is 0 Å². The first-order valence-electron chi connectivity index (χ1n) is 8.02. The van der Waals surface area contributed by atoms with Crippen molar-refractivity contribution in [2.24, 2.45) is 5.73 Å². The van der Waals surface area contributed by atoms with Crippen LogP contribution < -0.4 is 5.73 Å². The number of hydrogen-bond acceptors (Lipinski definition) is 3. The van der Waals surface area contributed by atoms with Crippen molar-refractivity contribution in [3.05, 3.63) is 35.4 Å². The highest BCUT2D eigenvalue weighted by molar-refractivity contribution is 5.31. The van der Waals surface area contributed by atoms with Crippen molar-refractivity contribution in [2.45, 2.75) is 44.2 Å². The lowest BCUT2D eigenvalue weighted by Crippen LogP contribution is -2.41. The number of fused-ring (bicyclic) bond motifs is 1. The molecule has 0 radical (unpaired) electrons. The van der Waals surface area contributed by atoms with Crippen LogP contribution in [-0.2, 0) is 11.2 Å². The minimum Gasteiger partial charge on any atom is -0.372 e. The smallest absolute Gasteiger partial charge is 0.0954 e. The molecule has 1 aromatic rings. The Hall–Kier alpha value is -0.900. The van der Waals surface area contributed by atoms with Gasteiger partial charge in [-0.3, -0.25) is 4.90 Å². The average Bonchev–Trinajstić information content (AvgIpc) is 3.01. The fourth-order valence-corrected chi connectivity index (χ4v) is 3.70. The molecule has 20 heavy (non-hydrogen) atoms. The first-order valence-corrected chi connectivity index (χ1v) is 8.02. The van der Waals surface area contributed by atoms with Crippen LogP contribution in [0.25, 0.3) is 0 Å². The highest BCUT2D eigenvalue weighted by atomic mass is 16.5. The molecule has 0 spiro atoms. The Labute approximate surface area is 122 Å².